The molecule has 0 spiro atoms. The first-order chi connectivity index (χ1) is 12.4. The van der Waals surface area contributed by atoms with Crippen molar-refractivity contribution in [3.63, 3.8) is 0 Å². The third kappa shape index (κ3) is 3.24. The van der Waals surface area contributed by atoms with Gasteiger partial charge in [-0.2, -0.15) is 0 Å². The summed E-state index contributed by atoms with van der Waals surface area (Å²) >= 11 is 0. The summed E-state index contributed by atoms with van der Waals surface area (Å²) < 4.78 is 23.3. The minimum absolute atomic E-state index is 0.0451. The Labute approximate surface area is 154 Å². The first-order valence-electron chi connectivity index (χ1n) is 9.18. The number of carbonyl (C=O) groups excluding carboxylic acids is 2. The van der Waals surface area contributed by atoms with Crippen LogP contribution in [0.2, 0.25) is 0 Å². The van der Waals surface area contributed by atoms with Crippen LogP contribution in [0, 0.1) is 11.8 Å². The molecule has 1 aliphatic carbocycles. The van der Waals surface area contributed by atoms with Gasteiger partial charge in [0.05, 0.1) is 23.3 Å². The fourth-order valence-corrected chi connectivity index (χ4v) is 5.96. The van der Waals surface area contributed by atoms with E-state index in [1.165, 1.54) is 11.1 Å². The first-order valence-corrected chi connectivity index (χ1v) is 11.0. The molecule has 26 heavy (non-hydrogen) atoms. The zero-order valence-electron chi connectivity index (χ0n) is 14.9. The molecule has 0 aromatic heterocycles. The number of hydrogen-bond donors (Lipinski definition) is 0. The number of carbonyl (C=O) groups is 2. The molecule has 0 N–H and O–H groups in total. The van der Waals surface area contributed by atoms with Crippen molar-refractivity contribution in [3.05, 3.63) is 35.4 Å². The normalized spacial score (nSPS) is 29.1. The van der Waals surface area contributed by atoms with Gasteiger partial charge in [0.25, 0.3) is 0 Å². The Morgan fingerprint density at radius 2 is 1.88 bits per heavy atom. The molecule has 3 atom stereocenters. The lowest BCUT2D eigenvalue weighted by atomic mass is 9.99. The molecule has 1 aromatic rings. The van der Waals surface area contributed by atoms with Crippen molar-refractivity contribution in [1.82, 2.24) is 9.80 Å². The highest BCUT2D eigenvalue weighted by Gasteiger charge is 2.51. The second kappa shape index (κ2) is 6.37. The molecule has 3 aliphatic rings. The molecule has 2 heterocycles. The third-order valence-electron chi connectivity index (χ3n) is 5.97. The quantitative estimate of drug-likeness (QED) is 0.784. The molecule has 3 unspecified atom stereocenters. The van der Waals surface area contributed by atoms with E-state index >= 15 is 0 Å². The Hall–Kier alpha value is -1.89. The van der Waals surface area contributed by atoms with Crippen LogP contribution < -0.4 is 0 Å². The van der Waals surface area contributed by atoms with E-state index in [1.807, 2.05) is 17.0 Å². The topological polar surface area (TPSA) is 74.8 Å². The Kier molecular flexibility index (Phi) is 4.29. The minimum atomic E-state index is -3.02. The van der Waals surface area contributed by atoms with Crippen molar-refractivity contribution in [3.8, 4) is 0 Å². The van der Waals surface area contributed by atoms with Crippen molar-refractivity contribution in [1.29, 1.82) is 0 Å². The van der Waals surface area contributed by atoms with Crippen molar-refractivity contribution < 1.29 is 18.0 Å². The Bertz CT molecular complexity index is 851. The van der Waals surface area contributed by atoms with Crippen LogP contribution in [0.5, 0.6) is 0 Å². The van der Waals surface area contributed by atoms with Gasteiger partial charge in [-0.05, 0) is 30.4 Å². The smallest absolute Gasteiger partial charge is 0.226 e. The minimum Gasteiger partial charge on any atom is -0.341 e. The number of sulfone groups is 1. The van der Waals surface area contributed by atoms with Gasteiger partial charge in [0.1, 0.15) is 0 Å². The van der Waals surface area contributed by atoms with E-state index in [4.69, 9.17) is 0 Å². The Balaban J connectivity index is 1.36. The van der Waals surface area contributed by atoms with Gasteiger partial charge in [-0.3, -0.25) is 9.59 Å². The van der Waals surface area contributed by atoms with Crippen LogP contribution in [0.15, 0.2) is 24.3 Å². The number of hydrogen-bond acceptors (Lipinski definition) is 4. The third-order valence-corrected chi connectivity index (χ3v) is 7.72. The van der Waals surface area contributed by atoms with Crippen LogP contribution >= 0.6 is 0 Å². The van der Waals surface area contributed by atoms with Gasteiger partial charge < -0.3 is 9.80 Å². The molecule has 140 valence electrons. The molecule has 0 bridgehead atoms. The summed E-state index contributed by atoms with van der Waals surface area (Å²) in [6.45, 7) is 1.31. The van der Waals surface area contributed by atoms with Crippen molar-refractivity contribution in [2.45, 2.75) is 31.8 Å². The standard InChI is InChI=1S/C19H24N2O4S/c1-20(15-7-9-26(24,25)12-15)18(22)16-10-17(16)19(23)21-8-6-13-4-2-3-5-14(13)11-21/h2-5,15-17H,6-12H2,1H3. The fourth-order valence-electron chi connectivity index (χ4n) is 4.18. The molecule has 2 amide bonds. The summed E-state index contributed by atoms with van der Waals surface area (Å²) in [6, 6.07) is 7.92. The Morgan fingerprint density at radius 1 is 1.15 bits per heavy atom. The van der Waals surface area contributed by atoms with Gasteiger partial charge >= 0.3 is 0 Å². The Morgan fingerprint density at radius 3 is 2.58 bits per heavy atom. The summed E-state index contributed by atoms with van der Waals surface area (Å²) in [6.07, 6.45) is 1.94. The predicted molar refractivity (Wildman–Crippen MR) is 97.0 cm³/mol. The molecule has 0 radical (unpaired) electrons. The lowest BCUT2D eigenvalue weighted by molar-refractivity contribution is -0.138. The highest BCUT2D eigenvalue weighted by Crippen LogP contribution is 2.42. The van der Waals surface area contributed by atoms with Crippen molar-refractivity contribution in [2.75, 3.05) is 25.1 Å². The second-order valence-corrected chi connectivity index (χ2v) is 9.96. The molecule has 2 fully saturated rings. The lowest BCUT2D eigenvalue weighted by Crippen LogP contribution is -2.41. The summed E-state index contributed by atoms with van der Waals surface area (Å²) in [5.74, 6) is -0.353. The van der Waals surface area contributed by atoms with Gasteiger partial charge in [-0.15, -0.1) is 0 Å². The molecule has 1 saturated carbocycles. The van der Waals surface area contributed by atoms with E-state index in [1.54, 1.807) is 11.9 Å². The number of fused-ring (bicyclic) bond motifs is 1. The maximum Gasteiger partial charge on any atom is 0.226 e. The van der Waals surface area contributed by atoms with Crippen molar-refractivity contribution >= 4 is 21.7 Å². The monoisotopic (exact) mass is 376 g/mol. The average Bonchev–Trinajstić information content (AvgIpc) is 3.35. The molecule has 1 aromatic carbocycles. The van der Waals surface area contributed by atoms with Crippen LogP contribution in [0.4, 0.5) is 0 Å². The first kappa shape index (κ1) is 17.5. The average molecular weight is 376 g/mol. The van der Waals surface area contributed by atoms with Crippen LogP contribution in [0.3, 0.4) is 0 Å². The maximum absolute atomic E-state index is 12.8. The molecular weight excluding hydrogens is 352 g/mol. The summed E-state index contributed by atoms with van der Waals surface area (Å²) in [4.78, 5) is 28.9. The van der Waals surface area contributed by atoms with E-state index < -0.39 is 9.84 Å². The van der Waals surface area contributed by atoms with Gasteiger partial charge in [0.2, 0.25) is 11.8 Å². The van der Waals surface area contributed by atoms with Crippen LogP contribution in [-0.4, -0.2) is 61.2 Å². The van der Waals surface area contributed by atoms with Crippen LogP contribution in [0.25, 0.3) is 0 Å². The molecule has 2 aliphatic heterocycles. The lowest BCUT2D eigenvalue weighted by Gasteiger charge is -2.29. The van der Waals surface area contributed by atoms with Crippen molar-refractivity contribution in [2.24, 2.45) is 11.8 Å². The number of benzene rings is 1. The van der Waals surface area contributed by atoms with E-state index in [-0.39, 0.29) is 41.2 Å². The van der Waals surface area contributed by atoms with Crippen LogP contribution in [-0.2, 0) is 32.4 Å². The van der Waals surface area contributed by atoms with Gasteiger partial charge in [0, 0.05) is 26.2 Å². The highest BCUT2D eigenvalue weighted by molar-refractivity contribution is 7.91. The zero-order chi connectivity index (χ0) is 18.5. The zero-order valence-corrected chi connectivity index (χ0v) is 15.7. The van der Waals surface area contributed by atoms with Gasteiger partial charge in [-0.25, -0.2) is 8.42 Å². The van der Waals surface area contributed by atoms with E-state index in [2.05, 4.69) is 12.1 Å². The molecule has 7 heteroatoms. The second-order valence-electron chi connectivity index (χ2n) is 7.73. The van der Waals surface area contributed by atoms with Gasteiger partial charge in [-0.1, -0.05) is 24.3 Å². The van der Waals surface area contributed by atoms with Gasteiger partial charge in [0.15, 0.2) is 9.84 Å². The maximum atomic E-state index is 12.8. The summed E-state index contributed by atoms with van der Waals surface area (Å²) in [5, 5.41) is 0. The SMILES string of the molecule is CN(C(=O)C1CC1C(=O)N1CCc2ccccc2C1)C1CCS(=O)(=O)C1. The number of rotatable bonds is 3. The largest absolute Gasteiger partial charge is 0.341 e. The van der Waals surface area contributed by atoms with E-state index in [9.17, 15) is 18.0 Å². The summed E-state index contributed by atoms with van der Waals surface area (Å²) in [5.41, 5.74) is 2.48. The predicted octanol–water partition coefficient (Wildman–Crippen LogP) is 0.853. The van der Waals surface area contributed by atoms with Crippen LogP contribution in [0.1, 0.15) is 24.0 Å². The summed E-state index contributed by atoms with van der Waals surface area (Å²) in [7, 11) is -1.35. The molecular formula is C19H24N2O4S. The molecule has 4 rings (SSSR count). The highest BCUT2D eigenvalue weighted by atomic mass is 32.2. The number of amides is 2. The molecule has 6 nitrogen and oxygen atoms in total. The fraction of sp³-hybridized carbons (Fsp3) is 0.579. The molecule has 1 saturated heterocycles. The van der Waals surface area contributed by atoms with E-state index in [0.717, 1.165) is 6.42 Å². The van der Waals surface area contributed by atoms with E-state index in [0.29, 0.717) is 25.9 Å². The number of nitrogens with zero attached hydrogens (tertiary/aromatic N) is 2.